The molecule has 1 aromatic heterocycles. The molecule has 186 valence electrons. The van der Waals surface area contributed by atoms with Gasteiger partial charge in [0.25, 0.3) is 0 Å². The van der Waals surface area contributed by atoms with Crippen molar-refractivity contribution in [2.24, 2.45) is 5.92 Å². The van der Waals surface area contributed by atoms with Gasteiger partial charge >= 0.3 is 0 Å². The van der Waals surface area contributed by atoms with Crippen molar-refractivity contribution in [3.8, 4) is 11.3 Å². The number of amides is 3. The summed E-state index contributed by atoms with van der Waals surface area (Å²) in [6.07, 6.45) is 5.10. The number of benzene rings is 2. The van der Waals surface area contributed by atoms with E-state index in [9.17, 15) is 14.4 Å². The van der Waals surface area contributed by atoms with Gasteiger partial charge in [-0.05, 0) is 31.2 Å². The van der Waals surface area contributed by atoms with Crippen LogP contribution in [0.4, 0.5) is 5.13 Å². The highest BCUT2D eigenvalue weighted by Crippen LogP contribution is 2.29. The van der Waals surface area contributed by atoms with Gasteiger partial charge in [-0.1, -0.05) is 73.5 Å². The van der Waals surface area contributed by atoms with E-state index in [4.69, 9.17) is 0 Å². The Morgan fingerprint density at radius 3 is 2.31 bits per heavy atom. The number of nitrogens with one attached hydrogen (secondary N) is 2. The average molecular weight is 503 g/mol. The van der Waals surface area contributed by atoms with Crippen LogP contribution in [-0.4, -0.2) is 40.2 Å². The second kappa shape index (κ2) is 11.0. The summed E-state index contributed by atoms with van der Waals surface area (Å²) >= 11 is 1.36. The first-order valence-corrected chi connectivity index (χ1v) is 13.5. The normalized spacial score (nSPS) is 18.7. The maximum atomic E-state index is 13.8. The smallest absolute Gasteiger partial charge is 0.250 e. The van der Waals surface area contributed by atoms with E-state index < -0.39 is 12.1 Å². The number of hydrogen-bond donors (Lipinski definition) is 2. The number of thiazole rings is 1. The minimum absolute atomic E-state index is 0.0506. The van der Waals surface area contributed by atoms with Gasteiger partial charge in [0.2, 0.25) is 17.7 Å². The van der Waals surface area contributed by atoms with E-state index in [1.54, 1.807) is 4.90 Å². The van der Waals surface area contributed by atoms with Crippen LogP contribution in [0.25, 0.3) is 11.3 Å². The standard InChI is InChI=1S/C28H30N4O3S/c33-25(21-14-7-8-15-21)30-24(20-12-5-2-6-13-20)27(35)32-17-9-16-23(32)26(34)31-28-29-22(18-36-28)19-10-3-1-4-11-19/h1-6,10-13,18,21,23-24H,7-9,14-17H2,(H,30,33)(H,29,31,34)/t23-,24+/m0/s1. The van der Waals surface area contributed by atoms with E-state index >= 15 is 0 Å². The zero-order valence-electron chi connectivity index (χ0n) is 20.1. The van der Waals surface area contributed by atoms with E-state index in [0.29, 0.717) is 18.1 Å². The van der Waals surface area contributed by atoms with Crippen LogP contribution in [0.3, 0.4) is 0 Å². The number of nitrogens with zero attached hydrogens (tertiary/aromatic N) is 2. The molecule has 1 aliphatic heterocycles. The van der Waals surface area contributed by atoms with E-state index in [2.05, 4.69) is 15.6 Å². The van der Waals surface area contributed by atoms with Gasteiger partial charge in [-0.2, -0.15) is 0 Å². The summed E-state index contributed by atoms with van der Waals surface area (Å²) in [4.78, 5) is 46.1. The zero-order chi connectivity index (χ0) is 24.9. The third-order valence-electron chi connectivity index (χ3n) is 7.03. The Kier molecular flexibility index (Phi) is 7.41. The Morgan fingerprint density at radius 1 is 0.889 bits per heavy atom. The second-order valence-electron chi connectivity index (χ2n) is 9.42. The molecule has 3 amide bonds. The number of likely N-dealkylation sites (tertiary alicyclic amines) is 1. The molecule has 2 aliphatic rings. The van der Waals surface area contributed by atoms with Crippen molar-refractivity contribution >= 4 is 34.2 Å². The predicted molar refractivity (Wildman–Crippen MR) is 140 cm³/mol. The van der Waals surface area contributed by atoms with Gasteiger partial charge in [0.15, 0.2) is 5.13 Å². The molecule has 1 aliphatic carbocycles. The van der Waals surface area contributed by atoms with Crippen LogP contribution < -0.4 is 10.6 Å². The molecule has 2 N–H and O–H groups in total. The summed E-state index contributed by atoms with van der Waals surface area (Å²) in [5.41, 5.74) is 2.51. The third kappa shape index (κ3) is 5.33. The van der Waals surface area contributed by atoms with Crippen molar-refractivity contribution in [2.75, 3.05) is 11.9 Å². The first kappa shape index (κ1) is 24.2. The summed E-state index contributed by atoms with van der Waals surface area (Å²) in [5.74, 6) is -0.616. The Morgan fingerprint density at radius 2 is 1.58 bits per heavy atom. The quantitative estimate of drug-likeness (QED) is 0.486. The Labute approximate surface area is 214 Å². The van der Waals surface area contributed by atoms with Crippen molar-refractivity contribution in [3.05, 3.63) is 71.6 Å². The minimum atomic E-state index is -0.808. The lowest BCUT2D eigenvalue weighted by atomic mass is 10.0. The van der Waals surface area contributed by atoms with Crippen LogP contribution in [0.1, 0.15) is 50.1 Å². The fourth-order valence-corrected chi connectivity index (χ4v) is 5.83. The second-order valence-corrected chi connectivity index (χ2v) is 10.3. The molecule has 3 aromatic rings. The summed E-state index contributed by atoms with van der Waals surface area (Å²) in [6, 6.07) is 17.7. The molecule has 0 spiro atoms. The van der Waals surface area contributed by atoms with E-state index in [1.165, 1.54) is 11.3 Å². The maximum Gasteiger partial charge on any atom is 0.250 e. The molecule has 1 saturated heterocycles. The molecular weight excluding hydrogens is 472 g/mol. The van der Waals surface area contributed by atoms with Crippen molar-refractivity contribution in [2.45, 2.75) is 50.6 Å². The topological polar surface area (TPSA) is 91.4 Å². The Bertz CT molecular complexity index is 1210. The lowest BCUT2D eigenvalue weighted by molar-refractivity contribution is -0.140. The van der Waals surface area contributed by atoms with Crippen molar-refractivity contribution in [1.29, 1.82) is 0 Å². The molecular formula is C28H30N4O3S. The SMILES string of the molecule is O=C(N[C@@H](C(=O)N1CCC[C@H]1C(=O)Nc1nc(-c2ccccc2)cs1)c1ccccc1)C1CCCC1. The molecule has 0 bridgehead atoms. The van der Waals surface area contributed by atoms with Crippen LogP contribution in [0.2, 0.25) is 0 Å². The van der Waals surface area contributed by atoms with Crippen molar-refractivity contribution < 1.29 is 14.4 Å². The van der Waals surface area contributed by atoms with Crippen LogP contribution >= 0.6 is 11.3 Å². The molecule has 0 unspecified atom stereocenters. The zero-order valence-corrected chi connectivity index (χ0v) is 20.9. The number of rotatable bonds is 7. The summed E-state index contributed by atoms with van der Waals surface area (Å²) in [7, 11) is 0. The molecule has 36 heavy (non-hydrogen) atoms. The van der Waals surface area contributed by atoms with Crippen LogP contribution in [0, 0.1) is 5.92 Å². The summed E-state index contributed by atoms with van der Waals surface area (Å²) < 4.78 is 0. The monoisotopic (exact) mass is 502 g/mol. The molecule has 2 fully saturated rings. The number of carbonyl (C=O) groups excluding carboxylic acids is 3. The summed E-state index contributed by atoms with van der Waals surface area (Å²) in [6.45, 7) is 0.479. The van der Waals surface area contributed by atoms with Crippen molar-refractivity contribution in [3.63, 3.8) is 0 Å². The van der Waals surface area contributed by atoms with Crippen LogP contribution in [0.15, 0.2) is 66.0 Å². The molecule has 2 heterocycles. The van der Waals surface area contributed by atoms with E-state index in [0.717, 1.165) is 48.9 Å². The number of hydrogen-bond acceptors (Lipinski definition) is 5. The maximum absolute atomic E-state index is 13.8. The highest BCUT2D eigenvalue weighted by molar-refractivity contribution is 7.14. The minimum Gasteiger partial charge on any atom is -0.340 e. The summed E-state index contributed by atoms with van der Waals surface area (Å²) in [5, 5.41) is 8.34. The molecule has 1 saturated carbocycles. The fraction of sp³-hybridized carbons (Fsp3) is 0.357. The van der Waals surface area contributed by atoms with Crippen LogP contribution in [-0.2, 0) is 14.4 Å². The number of anilines is 1. The molecule has 8 heteroatoms. The first-order valence-electron chi connectivity index (χ1n) is 12.6. The fourth-order valence-electron chi connectivity index (χ4n) is 5.11. The van der Waals surface area contributed by atoms with Crippen molar-refractivity contribution in [1.82, 2.24) is 15.2 Å². The lowest BCUT2D eigenvalue weighted by Crippen LogP contribution is -2.49. The third-order valence-corrected chi connectivity index (χ3v) is 7.79. The molecule has 2 aromatic carbocycles. The molecule has 2 atom stereocenters. The molecule has 7 nitrogen and oxygen atoms in total. The van der Waals surface area contributed by atoms with Gasteiger partial charge < -0.3 is 15.5 Å². The van der Waals surface area contributed by atoms with Gasteiger partial charge in [0, 0.05) is 23.4 Å². The highest BCUT2D eigenvalue weighted by Gasteiger charge is 2.39. The van der Waals surface area contributed by atoms with Gasteiger partial charge in [0.05, 0.1) is 5.69 Å². The van der Waals surface area contributed by atoms with Gasteiger partial charge in [-0.3, -0.25) is 14.4 Å². The van der Waals surface area contributed by atoms with Gasteiger partial charge in [-0.25, -0.2) is 4.98 Å². The average Bonchev–Trinajstić information content (AvgIpc) is 3.70. The largest absolute Gasteiger partial charge is 0.340 e. The first-order chi connectivity index (χ1) is 17.6. The van der Waals surface area contributed by atoms with E-state index in [1.807, 2.05) is 66.0 Å². The van der Waals surface area contributed by atoms with Crippen LogP contribution in [0.5, 0.6) is 0 Å². The molecule has 0 radical (unpaired) electrons. The Balaban J connectivity index is 1.31. The van der Waals surface area contributed by atoms with Gasteiger partial charge in [0.1, 0.15) is 12.1 Å². The Hall–Kier alpha value is -3.52. The predicted octanol–water partition coefficient (Wildman–Crippen LogP) is 4.79. The highest BCUT2D eigenvalue weighted by atomic mass is 32.1. The van der Waals surface area contributed by atoms with E-state index in [-0.39, 0.29) is 23.6 Å². The number of carbonyl (C=O) groups is 3. The van der Waals surface area contributed by atoms with Gasteiger partial charge in [-0.15, -0.1) is 11.3 Å². The number of aromatic nitrogens is 1. The molecule has 5 rings (SSSR count). The lowest BCUT2D eigenvalue weighted by Gasteiger charge is -2.29.